The number of hydrogen-bond donors (Lipinski definition) is 0. The Kier molecular flexibility index (Phi) is 4.67. The number of aromatic nitrogens is 2. The Morgan fingerprint density at radius 3 is 2.55 bits per heavy atom. The lowest BCUT2D eigenvalue weighted by atomic mass is 9.85. The van der Waals surface area contributed by atoms with E-state index < -0.39 is 16.6 Å². The zero-order valence-corrected chi connectivity index (χ0v) is 17.4. The van der Waals surface area contributed by atoms with Gasteiger partial charge in [0.05, 0.1) is 34.9 Å². The van der Waals surface area contributed by atoms with Gasteiger partial charge in [-0.2, -0.15) is 0 Å². The monoisotopic (exact) mass is 409 g/mol. The summed E-state index contributed by atoms with van der Waals surface area (Å²) in [5.41, 5.74) is 3.13. The van der Waals surface area contributed by atoms with E-state index >= 15 is 0 Å². The van der Waals surface area contributed by atoms with Crippen LogP contribution in [0.25, 0.3) is 11.1 Å². The van der Waals surface area contributed by atoms with Crippen LogP contribution < -0.4 is 4.90 Å². The molecular formula is C22H20FN3O2S. The van der Waals surface area contributed by atoms with Crippen molar-refractivity contribution in [2.45, 2.75) is 31.1 Å². The van der Waals surface area contributed by atoms with Crippen LogP contribution in [0.15, 0.2) is 53.8 Å². The SMILES string of the molecule is Cc1ncc(-c2ccc3c(c2)N(c2cncc([S+](C)[O-])c2)C(=O)C3(C)C)cc1F. The van der Waals surface area contributed by atoms with Crippen LogP contribution >= 0.6 is 0 Å². The number of amides is 1. The largest absolute Gasteiger partial charge is 0.612 e. The lowest BCUT2D eigenvalue weighted by Gasteiger charge is -2.20. The minimum absolute atomic E-state index is 0.0984. The molecule has 1 atom stereocenters. The summed E-state index contributed by atoms with van der Waals surface area (Å²) in [6, 6.07) is 8.79. The number of aryl methyl sites for hydroxylation is 1. The highest BCUT2D eigenvalue weighted by Gasteiger charge is 2.45. The van der Waals surface area contributed by atoms with Gasteiger partial charge in [-0.05, 0) is 55.2 Å². The van der Waals surface area contributed by atoms with E-state index in [4.69, 9.17) is 0 Å². The molecule has 1 aliphatic rings. The first kappa shape index (κ1) is 19.5. The number of nitrogens with zero attached hydrogens (tertiary/aromatic N) is 3. The van der Waals surface area contributed by atoms with Gasteiger partial charge in [-0.15, -0.1) is 0 Å². The summed E-state index contributed by atoms with van der Waals surface area (Å²) in [6.45, 7) is 5.36. The molecule has 5 nitrogen and oxygen atoms in total. The second-order valence-corrected chi connectivity index (χ2v) is 9.00. The molecule has 7 heteroatoms. The number of carbonyl (C=O) groups excluding carboxylic acids is 1. The molecule has 1 aromatic carbocycles. The van der Waals surface area contributed by atoms with Crippen LogP contribution in [0.5, 0.6) is 0 Å². The van der Waals surface area contributed by atoms with Gasteiger partial charge >= 0.3 is 0 Å². The molecule has 0 spiro atoms. The fourth-order valence-electron chi connectivity index (χ4n) is 3.54. The van der Waals surface area contributed by atoms with Crippen molar-refractivity contribution in [1.82, 2.24) is 9.97 Å². The van der Waals surface area contributed by atoms with Crippen molar-refractivity contribution in [3.8, 4) is 11.1 Å². The van der Waals surface area contributed by atoms with E-state index in [1.165, 1.54) is 12.3 Å². The number of hydrogen-bond acceptors (Lipinski definition) is 4. The van der Waals surface area contributed by atoms with Crippen LogP contribution in [0.1, 0.15) is 25.1 Å². The molecule has 0 aliphatic carbocycles. The number of fused-ring (bicyclic) bond motifs is 1. The molecule has 0 radical (unpaired) electrons. The Morgan fingerprint density at radius 1 is 1.10 bits per heavy atom. The maximum Gasteiger partial charge on any atom is 0.241 e. The Balaban J connectivity index is 1.87. The van der Waals surface area contributed by atoms with Crippen molar-refractivity contribution in [1.29, 1.82) is 0 Å². The fourth-order valence-corrected chi connectivity index (χ4v) is 4.03. The maximum atomic E-state index is 14.0. The Hall–Kier alpha value is -2.77. The predicted molar refractivity (Wildman–Crippen MR) is 111 cm³/mol. The van der Waals surface area contributed by atoms with Crippen molar-refractivity contribution < 1.29 is 13.7 Å². The number of halogens is 1. The standard InChI is InChI=1S/C22H20FN3O2S/c1-13-19(23)7-15(10-25-13)14-5-6-18-20(8-14)26(21(27)22(18,2)3)16-9-17(29(4)28)12-24-11-16/h5-12H,1-4H3. The lowest BCUT2D eigenvalue weighted by molar-refractivity contribution is -0.121. The van der Waals surface area contributed by atoms with Crippen LogP contribution in [-0.2, 0) is 21.4 Å². The molecule has 0 fully saturated rings. The molecule has 29 heavy (non-hydrogen) atoms. The van der Waals surface area contributed by atoms with Crippen LogP contribution in [0.2, 0.25) is 0 Å². The predicted octanol–water partition coefficient (Wildman–Crippen LogP) is 4.28. The van der Waals surface area contributed by atoms with E-state index in [2.05, 4.69) is 9.97 Å². The first-order valence-corrected chi connectivity index (χ1v) is 10.7. The van der Waals surface area contributed by atoms with Gasteiger partial charge < -0.3 is 4.55 Å². The first-order valence-electron chi connectivity index (χ1n) is 9.10. The molecule has 1 amide bonds. The van der Waals surface area contributed by atoms with Crippen LogP contribution in [0.4, 0.5) is 15.8 Å². The Bertz CT molecular complexity index is 1130. The second kappa shape index (κ2) is 6.93. The third kappa shape index (κ3) is 3.20. The lowest BCUT2D eigenvalue weighted by Crippen LogP contribution is -2.33. The normalized spacial score (nSPS) is 16.1. The average Bonchev–Trinajstić information content (AvgIpc) is 2.89. The Labute approximate surface area is 171 Å². The maximum absolute atomic E-state index is 14.0. The summed E-state index contributed by atoms with van der Waals surface area (Å²) >= 11 is -1.22. The summed E-state index contributed by atoms with van der Waals surface area (Å²) < 4.78 is 25.9. The van der Waals surface area contributed by atoms with E-state index in [0.29, 0.717) is 27.5 Å². The van der Waals surface area contributed by atoms with Gasteiger partial charge in [0.1, 0.15) is 12.1 Å². The van der Waals surface area contributed by atoms with Gasteiger partial charge in [0, 0.05) is 17.8 Å². The summed E-state index contributed by atoms with van der Waals surface area (Å²) in [7, 11) is 0. The molecule has 0 N–H and O–H groups in total. The third-order valence-electron chi connectivity index (χ3n) is 5.30. The topological polar surface area (TPSA) is 69.2 Å². The molecule has 0 saturated heterocycles. The van der Waals surface area contributed by atoms with Crippen molar-refractivity contribution in [3.05, 3.63) is 66.0 Å². The number of anilines is 2. The number of pyridine rings is 2. The first-order chi connectivity index (χ1) is 13.7. The highest BCUT2D eigenvalue weighted by atomic mass is 32.2. The molecule has 0 saturated carbocycles. The van der Waals surface area contributed by atoms with E-state index in [1.54, 1.807) is 36.5 Å². The fraction of sp³-hybridized carbons (Fsp3) is 0.227. The van der Waals surface area contributed by atoms with Crippen molar-refractivity contribution in [2.75, 3.05) is 11.2 Å². The van der Waals surface area contributed by atoms with Crippen molar-refractivity contribution in [2.24, 2.45) is 0 Å². The van der Waals surface area contributed by atoms with Crippen molar-refractivity contribution in [3.63, 3.8) is 0 Å². The van der Waals surface area contributed by atoms with E-state index in [9.17, 15) is 13.7 Å². The molecule has 1 aliphatic heterocycles. The molecular weight excluding hydrogens is 389 g/mol. The summed E-state index contributed by atoms with van der Waals surface area (Å²) in [4.78, 5) is 23.7. The highest BCUT2D eigenvalue weighted by molar-refractivity contribution is 7.90. The van der Waals surface area contributed by atoms with E-state index in [1.807, 2.05) is 32.0 Å². The Morgan fingerprint density at radius 2 is 1.86 bits per heavy atom. The van der Waals surface area contributed by atoms with Crippen LogP contribution in [-0.4, -0.2) is 26.7 Å². The number of rotatable bonds is 3. The molecule has 3 aromatic rings. The third-order valence-corrected chi connectivity index (χ3v) is 6.18. The van der Waals surface area contributed by atoms with E-state index in [0.717, 1.165) is 11.1 Å². The molecule has 2 aromatic heterocycles. The van der Waals surface area contributed by atoms with E-state index in [-0.39, 0.29) is 11.7 Å². The minimum Gasteiger partial charge on any atom is -0.612 e. The second-order valence-electron chi connectivity index (χ2n) is 7.62. The smallest absolute Gasteiger partial charge is 0.241 e. The van der Waals surface area contributed by atoms with Crippen molar-refractivity contribution >= 4 is 28.5 Å². The van der Waals surface area contributed by atoms with Crippen LogP contribution in [0.3, 0.4) is 0 Å². The molecule has 3 heterocycles. The summed E-state index contributed by atoms with van der Waals surface area (Å²) in [5, 5.41) is 0. The van der Waals surface area contributed by atoms with Gasteiger partial charge in [-0.3, -0.25) is 19.7 Å². The number of benzene rings is 1. The van der Waals surface area contributed by atoms with Gasteiger partial charge in [0.15, 0.2) is 4.90 Å². The van der Waals surface area contributed by atoms with Crippen LogP contribution in [0, 0.1) is 12.7 Å². The zero-order chi connectivity index (χ0) is 20.9. The average molecular weight is 409 g/mol. The zero-order valence-electron chi connectivity index (χ0n) is 16.6. The molecule has 148 valence electrons. The molecule has 4 rings (SSSR count). The minimum atomic E-state index is -1.22. The van der Waals surface area contributed by atoms with Gasteiger partial charge in [0.2, 0.25) is 5.91 Å². The summed E-state index contributed by atoms with van der Waals surface area (Å²) in [5.74, 6) is -0.475. The summed E-state index contributed by atoms with van der Waals surface area (Å²) in [6.07, 6.45) is 6.30. The highest BCUT2D eigenvalue weighted by Crippen LogP contribution is 2.46. The molecule has 1 unspecified atom stereocenters. The number of carbonyl (C=O) groups is 1. The van der Waals surface area contributed by atoms with Gasteiger partial charge in [0.25, 0.3) is 0 Å². The quantitative estimate of drug-likeness (QED) is 0.606. The molecule has 0 bridgehead atoms. The van der Waals surface area contributed by atoms with Gasteiger partial charge in [-0.1, -0.05) is 12.1 Å². The van der Waals surface area contributed by atoms with Gasteiger partial charge in [-0.25, -0.2) is 4.39 Å².